The van der Waals surface area contributed by atoms with Gasteiger partial charge >= 0.3 is 7.12 Å². The molecule has 0 radical (unpaired) electrons. The molecule has 0 amide bonds. The molecule has 0 unspecified atom stereocenters. The van der Waals surface area contributed by atoms with E-state index < -0.39 is 7.12 Å². The Kier molecular flexibility index (Phi) is 4.09. The molecular weight excluding hydrogens is 293 g/mol. The molecule has 2 aliphatic rings. The van der Waals surface area contributed by atoms with Crippen LogP contribution in [0.3, 0.4) is 0 Å². The molecule has 0 atom stereocenters. The molecule has 1 aromatic heterocycles. The third kappa shape index (κ3) is 3.48. The van der Waals surface area contributed by atoms with Crippen LogP contribution in [0.25, 0.3) is 0 Å². The van der Waals surface area contributed by atoms with Crippen LogP contribution in [0.15, 0.2) is 12.3 Å². The van der Waals surface area contributed by atoms with Crippen LogP contribution in [0.4, 0.5) is 0 Å². The summed E-state index contributed by atoms with van der Waals surface area (Å²) in [5.74, 6) is 1.31. The molecule has 1 aliphatic heterocycles. The lowest BCUT2D eigenvalue weighted by atomic mass is 9.79. The largest absolute Gasteiger partial charge is 0.500 e. The molecule has 23 heavy (non-hydrogen) atoms. The van der Waals surface area contributed by atoms with Crippen LogP contribution < -0.4 is 14.9 Å². The Morgan fingerprint density at radius 2 is 1.78 bits per heavy atom. The van der Waals surface area contributed by atoms with Crippen LogP contribution >= 0.6 is 0 Å². The van der Waals surface area contributed by atoms with Gasteiger partial charge in [0.2, 0.25) is 5.88 Å². The van der Waals surface area contributed by atoms with Gasteiger partial charge in [0.05, 0.1) is 23.4 Å². The first kappa shape index (κ1) is 16.6. The molecule has 6 heteroatoms. The zero-order valence-corrected chi connectivity index (χ0v) is 14.9. The minimum absolute atomic E-state index is 0.0685. The first-order chi connectivity index (χ1) is 10.7. The van der Waals surface area contributed by atoms with Gasteiger partial charge in [0.15, 0.2) is 0 Å². The van der Waals surface area contributed by atoms with E-state index in [1.165, 1.54) is 0 Å². The molecule has 3 rings (SSSR count). The zero-order chi connectivity index (χ0) is 16.8. The van der Waals surface area contributed by atoms with Gasteiger partial charge in [0, 0.05) is 17.7 Å². The highest BCUT2D eigenvalue weighted by Crippen LogP contribution is 2.38. The number of pyridine rings is 1. The average Bonchev–Trinajstić information content (AvgIpc) is 3.17. The lowest BCUT2D eigenvalue weighted by Gasteiger charge is -2.32. The minimum atomic E-state index is -0.477. The monoisotopic (exact) mass is 319 g/mol. The molecule has 2 heterocycles. The summed E-state index contributed by atoms with van der Waals surface area (Å²) in [5.41, 5.74) is 0.0510. The van der Waals surface area contributed by atoms with Crippen molar-refractivity contribution in [2.45, 2.75) is 77.8 Å². The second-order valence-corrected chi connectivity index (χ2v) is 7.63. The number of ether oxygens (including phenoxy) is 2. The summed E-state index contributed by atoms with van der Waals surface area (Å²) in [7, 11) is -0.477. The second-order valence-electron chi connectivity index (χ2n) is 7.63. The van der Waals surface area contributed by atoms with Crippen LogP contribution in [0, 0.1) is 0 Å². The highest BCUT2D eigenvalue weighted by Gasteiger charge is 2.52. The van der Waals surface area contributed by atoms with Crippen LogP contribution in [0.1, 0.15) is 54.4 Å². The van der Waals surface area contributed by atoms with Gasteiger partial charge in [-0.3, -0.25) is 0 Å². The van der Waals surface area contributed by atoms with Crippen molar-refractivity contribution in [3.63, 3.8) is 0 Å². The Hall–Kier alpha value is -1.27. The van der Waals surface area contributed by atoms with E-state index in [1.54, 1.807) is 6.20 Å². The molecule has 126 valence electrons. The van der Waals surface area contributed by atoms with E-state index in [4.69, 9.17) is 18.8 Å². The Balaban J connectivity index is 1.88. The number of aromatic nitrogens is 1. The van der Waals surface area contributed by atoms with Crippen molar-refractivity contribution in [3.8, 4) is 11.6 Å². The molecule has 1 saturated carbocycles. The normalized spacial score (nSPS) is 22.5. The fourth-order valence-corrected chi connectivity index (χ4v) is 2.35. The van der Waals surface area contributed by atoms with Crippen molar-refractivity contribution >= 4 is 12.6 Å². The highest BCUT2D eigenvalue weighted by molar-refractivity contribution is 6.63. The third-order valence-corrected chi connectivity index (χ3v) is 4.55. The fraction of sp³-hybridized carbons (Fsp3) is 0.706. The number of hydrogen-bond donors (Lipinski definition) is 0. The summed E-state index contributed by atoms with van der Waals surface area (Å²) in [6.07, 6.45) is 4.28. The first-order valence-electron chi connectivity index (χ1n) is 8.37. The van der Waals surface area contributed by atoms with Gasteiger partial charge in [-0.1, -0.05) is 0 Å². The predicted octanol–water partition coefficient (Wildman–Crippen LogP) is 2.71. The number of hydrogen-bond acceptors (Lipinski definition) is 5. The van der Waals surface area contributed by atoms with Crippen molar-refractivity contribution in [2.24, 2.45) is 0 Å². The molecule has 1 aromatic rings. The van der Waals surface area contributed by atoms with Crippen molar-refractivity contribution in [2.75, 3.05) is 0 Å². The van der Waals surface area contributed by atoms with E-state index in [0.29, 0.717) is 5.88 Å². The van der Waals surface area contributed by atoms with E-state index in [-0.39, 0.29) is 23.4 Å². The maximum Gasteiger partial charge on any atom is 0.500 e. The minimum Gasteiger partial charge on any atom is -0.491 e. The van der Waals surface area contributed by atoms with Crippen LogP contribution in [0.2, 0.25) is 0 Å². The fourth-order valence-electron chi connectivity index (χ4n) is 2.35. The number of nitrogens with zero attached hydrogens (tertiary/aromatic N) is 1. The van der Waals surface area contributed by atoms with Gasteiger partial charge in [-0.15, -0.1) is 0 Å². The SMILES string of the molecule is CC(C)Oc1cc(OC2CC2)c(B2OC(C)(C)C(C)(C)O2)cn1. The van der Waals surface area contributed by atoms with Crippen molar-refractivity contribution in [1.82, 2.24) is 4.98 Å². The molecule has 5 nitrogen and oxygen atoms in total. The second kappa shape index (κ2) is 5.67. The maximum absolute atomic E-state index is 6.13. The quantitative estimate of drug-likeness (QED) is 0.781. The van der Waals surface area contributed by atoms with E-state index >= 15 is 0 Å². The Labute approximate surface area is 138 Å². The van der Waals surface area contributed by atoms with E-state index in [0.717, 1.165) is 24.1 Å². The highest BCUT2D eigenvalue weighted by atomic mass is 16.7. The molecule has 0 spiro atoms. The van der Waals surface area contributed by atoms with Crippen LogP contribution in [-0.4, -0.2) is 35.5 Å². The van der Waals surface area contributed by atoms with Gasteiger partial charge in [-0.2, -0.15) is 0 Å². The van der Waals surface area contributed by atoms with E-state index in [1.807, 2.05) is 47.6 Å². The smallest absolute Gasteiger partial charge is 0.491 e. The summed E-state index contributed by atoms with van der Waals surface area (Å²) < 4.78 is 24.0. The van der Waals surface area contributed by atoms with Crippen molar-refractivity contribution in [3.05, 3.63) is 12.3 Å². The van der Waals surface area contributed by atoms with Crippen molar-refractivity contribution in [1.29, 1.82) is 0 Å². The van der Waals surface area contributed by atoms with Gasteiger partial charge in [-0.05, 0) is 54.4 Å². The topological polar surface area (TPSA) is 49.8 Å². The maximum atomic E-state index is 6.13. The summed E-state index contributed by atoms with van der Waals surface area (Å²) in [5, 5.41) is 0. The summed E-state index contributed by atoms with van der Waals surface area (Å²) in [4.78, 5) is 4.39. The standard InChI is InChI=1S/C17H26BNO4/c1-11(2)20-15-9-14(21-12-7-8-12)13(10-19-15)18-22-16(3,4)17(5,6)23-18/h9-12H,7-8H2,1-6H3. The molecular formula is C17H26BNO4. The van der Waals surface area contributed by atoms with Gasteiger partial charge in [0.25, 0.3) is 0 Å². The summed E-state index contributed by atoms with van der Waals surface area (Å²) >= 11 is 0. The molecule has 1 saturated heterocycles. The summed E-state index contributed by atoms with van der Waals surface area (Å²) in [6, 6.07) is 1.85. The lowest BCUT2D eigenvalue weighted by Crippen LogP contribution is -2.41. The molecule has 0 aromatic carbocycles. The number of rotatable bonds is 5. The molecule has 0 N–H and O–H groups in total. The van der Waals surface area contributed by atoms with Crippen molar-refractivity contribution < 1.29 is 18.8 Å². The van der Waals surface area contributed by atoms with Crippen LogP contribution in [-0.2, 0) is 9.31 Å². The third-order valence-electron chi connectivity index (χ3n) is 4.55. The molecule has 1 aliphatic carbocycles. The van der Waals surface area contributed by atoms with Gasteiger partial charge < -0.3 is 18.8 Å². The van der Waals surface area contributed by atoms with Gasteiger partial charge in [-0.25, -0.2) is 4.98 Å². The van der Waals surface area contributed by atoms with E-state index in [2.05, 4.69) is 4.98 Å². The van der Waals surface area contributed by atoms with E-state index in [9.17, 15) is 0 Å². The Bertz CT molecular complexity index is 568. The first-order valence-corrected chi connectivity index (χ1v) is 8.37. The van der Waals surface area contributed by atoms with Gasteiger partial charge in [0.1, 0.15) is 5.75 Å². The molecule has 0 bridgehead atoms. The zero-order valence-electron chi connectivity index (χ0n) is 14.9. The Morgan fingerprint density at radius 1 is 1.17 bits per heavy atom. The average molecular weight is 319 g/mol. The molecule has 2 fully saturated rings. The summed E-state index contributed by atoms with van der Waals surface area (Å²) in [6.45, 7) is 12.1. The van der Waals surface area contributed by atoms with Crippen LogP contribution in [0.5, 0.6) is 11.6 Å². The Morgan fingerprint density at radius 3 is 2.30 bits per heavy atom. The lowest BCUT2D eigenvalue weighted by molar-refractivity contribution is 0.00578. The predicted molar refractivity (Wildman–Crippen MR) is 89.4 cm³/mol.